The van der Waals surface area contributed by atoms with Gasteiger partial charge in [-0.3, -0.25) is 0 Å². The maximum Gasteiger partial charge on any atom is 0.0701 e. The number of nitrogens with two attached hydrogens (primary N) is 1. The van der Waals surface area contributed by atoms with Crippen molar-refractivity contribution in [2.75, 3.05) is 59.9 Å². The Labute approximate surface area is 110 Å². The first-order valence-corrected chi connectivity index (χ1v) is 6.75. The van der Waals surface area contributed by atoms with Gasteiger partial charge >= 0.3 is 0 Å². The fourth-order valence-electron chi connectivity index (χ4n) is 2.11. The van der Waals surface area contributed by atoms with Gasteiger partial charge in [0.15, 0.2) is 0 Å². The summed E-state index contributed by atoms with van der Waals surface area (Å²) < 4.78 is 21.2. The van der Waals surface area contributed by atoms with Crippen LogP contribution < -0.4 is 5.73 Å². The van der Waals surface area contributed by atoms with Crippen LogP contribution in [0, 0.1) is 5.41 Å². The molecule has 18 heavy (non-hydrogen) atoms. The maximum absolute atomic E-state index is 5.88. The first-order valence-electron chi connectivity index (χ1n) is 6.75. The molecule has 0 aromatic rings. The molecule has 1 rings (SSSR count). The Morgan fingerprint density at radius 3 is 2.22 bits per heavy atom. The zero-order valence-corrected chi connectivity index (χ0v) is 11.5. The molecule has 0 saturated carbocycles. The van der Waals surface area contributed by atoms with Crippen molar-refractivity contribution in [3.63, 3.8) is 0 Å². The summed E-state index contributed by atoms with van der Waals surface area (Å²) in [5, 5.41) is 0. The van der Waals surface area contributed by atoms with Gasteiger partial charge in [0.2, 0.25) is 0 Å². The van der Waals surface area contributed by atoms with E-state index in [0.717, 1.165) is 45.6 Å². The first kappa shape index (κ1) is 15.9. The molecule has 0 aliphatic carbocycles. The minimum atomic E-state index is 0.231. The predicted molar refractivity (Wildman–Crippen MR) is 69.7 cm³/mol. The number of rotatable bonds is 10. The zero-order valence-electron chi connectivity index (χ0n) is 11.5. The Bertz CT molecular complexity index is 195. The topological polar surface area (TPSA) is 62.9 Å². The van der Waals surface area contributed by atoms with E-state index >= 15 is 0 Å². The summed E-state index contributed by atoms with van der Waals surface area (Å²) in [6.45, 7) is 5.67. The van der Waals surface area contributed by atoms with Gasteiger partial charge in [0, 0.05) is 26.9 Å². The van der Waals surface area contributed by atoms with Crippen LogP contribution >= 0.6 is 0 Å². The number of ether oxygens (including phenoxy) is 4. The fraction of sp³-hybridized carbons (Fsp3) is 1.00. The van der Waals surface area contributed by atoms with Crippen molar-refractivity contribution >= 4 is 0 Å². The highest BCUT2D eigenvalue weighted by molar-refractivity contribution is 4.82. The summed E-state index contributed by atoms with van der Waals surface area (Å²) in [7, 11) is 1.67. The summed E-state index contributed by atoms with van der Waals surface area (Å²) in [5.74, 6) is 0. The van der Waals surface area contributed by atoms with Gasteiger partial charge in [0.05, 0.1) is 26.4 Å². The molecule has 108 valence electrons. The molecule has 1 aliphatic heterocycles. The van der Waals surface area contributed by atoms with Crippen LogP contribution in [0.5, 0.6) is 0 Å². The monoisotopic (exact) mass is 261 g/mol. The lowest BCUT2D eigenvalue weighted by atomic mass is 9.78. The fourth-order valence-corrected chi connectivity index (χ4v) is 2.11. The van der Waals surface area contributed by atoms with E-state index < -0.39 is 0 Å². The lowest BCUT2D eigenvalue weighted by Crippen LogP contribution is -2.37. The zero-order chi connectivity index (χ0) is 13.1. The Kier molecular flexibility index (Phi) is 8.54. The van der Waals surface area contributed by atoms with Crippen LogP contribution in [0.4, 0.5) is 0 Å². The quantitative estimate of drug-likeness (QED) is 0.590. The highest BCUT2D eigenvalue weighted by Crippen LogP contribution is 2.32. The molecular weight excluding hydrogens is 234 g/mol. The number of hydrogen-bond acceptors (Lipinski definition) is 5. The molecule has 0 aromatic carbocycles. The van der Waals surface area contributed by atoms with E-state index in [4.69, 9.17) is 24.7 Å². The van der Waals surface area contributed by atoms with Crippen LogP contribution in [-0.4, -0.2) is 59.9 Å². The lowest BCUT2D eigenvalue weighted by Gasteiger charge is -2.36. The van der Waals surface area contributed by atoms with E-state index in [1.807, 2.05) is 0 Å². The highest BCUT2D eigenvalue weighted by Gasteiger charge is 2.30. The summed E-state index contributed by atoms with van der Waals surface area (Å²) in [4.78, 5) is 0. The Morgan fingerprint density at radius 2 is 1.61 bits per heavy atom. The number of hydrogen-bond donors (Lipinski definition) is 1. The molecule has 1 fully saturated rings. The van der Waals surface area contributed by atoms with Gasteiger partial charge in [0.1, 0.15) is 0 Å². The lowest BCUT2D eigenvalue weighted by molar-refractivity contribution is -0.0136. The second kappa shape index (κ2) is 9.69. The molecule has 5 heteroatoms. The Balaban J connectivity index is 1.98. The standard InChI is InChI=1S/C13H27NO4/c1-15-8-9-18-11-10-17-7-4-13(12-14)2-5-16-6-3-13/h2-12,14H2,1H3. The average Bonchev–Trinajstić information content (AvgIpc) is 2.43. The predicted octanol–water partition coefficient (Wildman–Crippen LogP) is 0.812. The SMILES string of the molecule is COCCOCCOCCC1(CN)CCOCC1. The molecular formula is C13H27NO4. The van der Waals surface area contributed by atoms with Gasteiger partial charge in [-0.15, -0.1) is 0 Å². The summed E-state index contributed by atoms with van der Waals surface area (Å²) in [6.07, 6.45) is 3.12. The number of methoxy groups -OCH3 is 1. The molecule has 2 N–H and O–H groups in total. The second-order valence-corrected chi connectivity index (χ2v) is 4.78. The largest absolute Gasteiger partial charge is 0.382 e. The van der Waals surface area contributed by atoms with E-state index in [1.54, 1.807) is 7.11 Å². The summed E-state index contributed by atoms with van der Waals surface area (Å²) >= 11 is 0. The van der Waals surface area contributed by atoms with E-state index in [2.05, 4.69) is 0 Å². The van der Waals surface area contributed by atoms with Crippen LogP contribution in [0.3, 0.4) is 0 Å². The van der Waals surface area contributed by atoms with Gasteiger partial charge in [-0.05, 0) is 31.2 Å². The summed E-state index contributed by atoms with van der Waals surface area (Å²) in [6, 6.07) is 0. The van der Waals surface area contributed by atoms with Crippen LogP contribution in [0.15, 0.2) is 0 Å². The van der Waals surface area contributed by atoms with Gasteiger partial charge in [0.25, 0.3) is 0 Å². The maximum atomic E-state index is 5.88. The average molecular weight is 261 g/mol. The molecule has 0 amide bonds. The summed E-state index contributed by atoms with van der Waals surface area (Å²) in [5.41, 5.74) is 6.12. The Morgan fingerprint density at radius 1 is 1.00 bits per heavy atom. The van der Waals surface area contributed by atoms with Crippen molar-refractivity contribution in [3.8, 4) is 0 Å². The van der Waals surface area contributed by atoms with E-state index in [9.17, 15) is 0 Å². The van der Waals surface area contributed by atoms with Crippen molar-refractivity contribution < 1.29 is 18.9 Å². The van der Waals surface area contributed by atoms with Crippen molar-refractivity contribution in [2.45, 2.75) is 19.3 Å². The van der Waals surface area contributed by atoms with Crippen molar-refractivity contribution in [1.82, 2.24) is 0 Å². The minimum absolute atomic E-state index is 0.231. The minimum Gasteiger partial charge on any atom is -0.382 e. The molecule has 1 heterocycles. The van der Waals surface area contributed by atoms with Gasteiger partial charge in [-0.25, -0.2) is 0 Å². The van der Waals surface area contributed by atoms with E-state index in [0.29, 0.717) is 26.4 Å². The molecule has 0 bridgehead atoms. The van der Waals surface area contributed by atoms with E-state index in [-0.39, 0.29) is 5.41 Å². The van der Waals surface area contributed by atoms with Gasteiger partial charge in [-0.1, -0.05) is 0 Å². The van der Waals surface area contributed by atoms with Crippen LogP contribution in [0.2, 0.25) is 0 Å². The molecule has 1 aliphatic rings. The van der Waals surface area contributed by atoms with Gasteiger partial charge < -0.3 is 24.7 Å². The third-order valence-corrected chi connectivity index (χ3v) is 3.57. The van der Waals surface area contributed by atoms with Crippen LogP contribution in [0.1, 0.15) is 19.3 Å². The van der Waals surface area contributed by atoms with Crippen molar-refractivity contribution in [3.05, 3.63) is 0 Å². The molecule has 1 saturated heterocycles. The van der Waals surface area contributed by atoms with Crippen LogP contribution in [0.25, 0.3) is 0 Å². The first-order chi connectivity index (χ1) is 8.83. The molecule has 0 atom stereocenters. The normalized spacial score (nSPS) is 19.0. The van der Waals surface area contributed by atoms with Crippen LogP contribution in [-0.2, 0) is 18.9 Å². The molecule has 0 unspecified atom stereocenters. The molecule has 0 radical (unpaired) electrons. The van der Waals surface area contributed by atoms with Gasteiger partial charge in [-0.2, -0.15) is 0 Å². The third-order valence-electron chi connectivity index (χ3n) is 3.57. The van der Waals surface area contributed by atoms with Crippen molar-refractivity contribution in [2.24, 2.45) is 11.1 Å². The van der Waals surface area contributed by atoms with E-state index in [1.165, 1.54) is 0 Å². The second-order valence-electron chi connectivity index (χ2n) is 4.78. The highest BCUT2D eigenvalue weighted by atomic mass is 16.5. The molecule has 5 nitrogen and oxygen atoms in total. The molecule has 0 spiro atoms. The smallest absolute Gasteiger partial charge is 0.0701 e. The Hall–Kier alpha value is -0.200. The van der Waals surface area contributed by atoms with Crippen molar-refractivity contribution in [1.29, 1.82) is 0 Å². The third kappa shape index (κ3) is 6.11. The molecule has 0 aromatic heterocycles.